The van der Waals surface area contributed by atoms with Gasteiger partial charge in [0.25, 0.3) is 0 Å². The second-order valence-electron chi connectivity index (χ2n) is 3.22. The van der Waals surface area contributed by atoms with Gasteiger partial charge in [-0.25, -0.2) is 0 Å². The summed E-state index contributed by atoms with van der Waals surface area (Å²) in [6.45, 7) is 5.75. The third kappa shape index (κ3) is 0.982. The molecule has 0 atom stereocenters. The molecule has 0 spiro atoms. The minimum absolute atomic E-state index is 0.279. The Hall–Kier alpha value is -1.06. The number of oxime groups is 1. The van der Waals surface area contributed by atoms with Gasteiger partial charge in [0.2, 0.25) is 0 Å². The van der Waals surface area contributed by atoms with E-state index in [4.69, 9.17) is 5.21 Å². The van der Waals surface area contributed by atoms with E-state index in [1.54, 1.807) is 5.01 Å². The van der Waals surface area contributed by atoms with Gasteiger partial charge in [0.1, 0.15) is 5.71 Å². The largest absolute Gasteiger partial charge is 0.411 e. The highest BCUT2D eigenvalue weighted by molar-refractivity contribution is 6.45. The molecule has 4 nitrogen and oxygen atoms in total. The van der Waals surface area contributed by atoms with Crippen molar-refractivity contribution in [3.8, 4) is 0 Å². The van der Waals surface area contributed by atoms with E-state index in [2.05, 4.69) is 10.3 Å². The molecule has 1 rings (SSSR count). The lowest BCUT2D eigenvalue weighted by atomic mass is 9.97. The molecular formula is C7H13N3O. The van der Waals surface area contributed by atoms with Gasteiger partial charge in [-0.2, -0.15) is 5.10 Å². The fourth-order valence-corrected chi connectivity index (χ4v) is 1.19. The van der Waals surface area contributed by atoms with Gasteiger partial charge >= 0.3 is 0 Å². The normalized spacial score (nSPS) is 26.0. The monoisotopic (exact) mass is 155 g/mol. The van der Waals surface area contributed by atoms with Crippen molar-refractivity contribution in [3.63, 3.8) is 0 Å². The van der Waals surface area contributed by atoms with Gasteiger partial charge < -0.3 is 5.21 Å². The van der Waals surface area contributed by atoms with E-state index in [-0.39, 0.29) is 5.54 Å². The molecule has 0 bridgehead atoms. The summed E-state index contributed by atoms with van der Waals surface area (Å²) in [5.41, 5.74) is 1.14. The van der Waals surface area contributed by atoms with E-state index >= 15 is 0 Å². The van der Waals surface area contributed by atoms with Crippen LogP contribution in [0.15, 0.2) is 10.3 Å². The van der Waals surface area contributed by atoms with Crippen molar-refractivity contribution in [2.75, 3.05) is 7.05 Å². The molecule has 0 aromatic rings. The van der Waals surface area contributed by atoms with E-state index < -0.39 is 0 Å². The highest BCUT2D eigenvalue weighted by Crippen LogP contribution is 2.22. The third-order valence-electron chi connectivity index (χ3n) is 2.13. The SMILES string of the molecule is CC1=NN(C)C(C)(C)/C1=N/O. The third-order valence-corrected chi connectivity index (χ3v) is 2.13. The first kappa shape index (κ1) is 8.04. The zero-order valence-electron chi connectivity index (χ0n) is 7.29. The van der Waals surface area contributed by atoms with E-state index in [9.17, 15) is 0 Å². The zero-order chi connectivity index (χ0) is 8.65. The highest BCUT2D eigenvalue weighted by Gasteiger charge is 2.37. The molecule has 0 saturated carbocycles. The lowest BCUT2D eigenvalue weighted by molar-refractivity contribution is 0.238. The van der Waals surface area contributed by atoms with Gasteiger partial charge in [-0.1, -0.05) is 5.16 Å². The average molecular weight is 155 g/mol. The van der Waals surface area contributed by atoms with Crippen LogP contribution >= 0.6 is 0 Å². The maximum absolute atomic E-state index is 8.67. The molecule has 0 radical (unpaired) electrons. The van der Waals surface area contributed by atoms with Crippen LogP contribution in [0.2, 0.25) is 0 Å². The van der Waals surface area contributed by atoms with Crippen molar-refractivity contribution in [1.29, 1.82) is 0 Å². The molecule has 1 N–H and O–H groups in total. The molecule has 0 fully saturated rings. The molecule has 11 heavy (non-hydrogen) atoms. The van der Waals surface area contributed by atoms with Crippen LogP contribution < -0.4 is 0 Å². The summed E-state index contributed by atoms with van der Waals surface area (Å²) in [6.07, 6.45) is 0. The summed E-state index contributed by atoms with van der Waals surface area (Å²) >= 11 is 0. The molecule has 1 heterocycles. The standard InChI is InChI=1S/C7H13N3O/c1-5-6(9-11)7(2,3)10(4)8-5/h11H,1-4H3/b9-6+. The summed E-state index contributed by atoms with van der Waals surface area (Å²) in [5, 5.41) is 17.8. The molecule has 0 aromatic carbocycles. The van der Waals surface area contributed by atoms with Gasteiger partial charge in [-0.3, -0.25) is 5.01 Å². The molecule has 0 aromatic heterocycles. The van der Waals surface area contributed by atoms with Crippen LogP contribution in [0.5, 0.6) is 0 Å². The van der Waals surface area contributed by atoms with Gasteiger partial charge in [-0.05, 0) is 20.8 Å². The Balaban J connectivity index is 3.06. The van der Waals surface area contributed by atoms with Crippen LogP contribution in [0, 0.1) is 0 Å². The van der Waals surface area contributed by atoms with Crippen molar-refractivity contribution < 1.29 is 5.21 Å². The summed E-state index contributed by atoms with van der Waals surface area (Å²) in [5.74, 6) is 0. The van der Waals surface area contributed by atoms with E-state index in [1.165, 1.54) is 0 Å². The molecule has 0 unspecified atom stereocenters. The Bertz CT molecular complexity index is 230. The first-order valence-corrected chi connectivity index (χ1v) is 3.52. The predicted molar refractivity (Wildman–Crippen MR) is 44.2 cm³/mol. The maximum Gasteiger partial charge on any atom is 0.129 e. The molecule has 4 heteroatoms. The Kier molecular flexibility index (Phi) is 1.62. The lowest BCUT2D eigenvalue weighted by Crippen LogP contribution is -2.41. The molecule has 0 saturated heterocycles. The zero-order valence-corrected chi connectivity index (χ0v) is 7.29. The lowest BCUT2D eigenvalue weighted by Gasteiger charge is -2.26. The minimum atomic E-state index is -0.279. The summed E-state index contributed by atoms with van der Waals surface area (Å²) in [4.78, 5) is 0. The van der Waals surface area contributed by atoms with Crippen LogP contribution in [0.25, 0.3) is 0 Å². The van der Waals surface area contributed by atoms with Crippen LogP contribution in [0.1, 0.15) is 20.8 Å². The number of hydrogen-bond donors (Lipinski definition) is 1. The minimum Gasteiger partial charge on any atom is -0.411 e. The van der Waals surface area contributed by atoms with Gasteiger partial charge in [0.15, 0.2) is 0 Å². The van der Waals surface area contributed by atoms with Gasteiger partial charge in [-0.15, -0.1) is 0 Å². The number of nitrogens with zero attached hydrogens (tertiary/aromatic N) is 3. The summed E-state index contributed by atoms with van der Waals surface area (Å²) in [6, 6.07) is 0. The smallest absolute Gasteiger partial charge is 0.129 e. The number of hydrazone groups is 1. The van der Waals surface area contributed by atoms with Crippen molar-refractivity contribution >= 4 is 11.4 Å². The summed E-state index contributed by atoms with van der Waals surface area (Å²) in [7, 11) is 1.86. The van der Waals surface area contributed by atoms with Crippen molar-refractivity contribution in [2.45, 2.75) is 26.3 Å². The van der Waals surface area contributed by atoms with E-state index in [0.29, 0.717) is 5.71 Å². The molecule has 1 aliphatic rings. The van der Waals surface area contributed by atoms with Gasteiger partial charge in [0.05, 0.1) is 11.3 Å². The topological polar surface area (TPSA) is 48.2 Å². The Morgan fingerprint density at radius 1 is 1.55 bits per heavy atom. The predicted octanol–water partition coefficient (Wildman–Crippen LogP) is 0.917. The fraction of sp³-hybridized carbons (Fsp3) is 0.714. The molecule has 62 valence electrons. The van der Waals surface area contributed by atoms with Crippen LogP contribution in [-0.2, 0) is 0 Å². The maximum atomic E-state index is 8.67. The van der Waals surface area contributed by atoms with Crippen LogP contribution in [0.4, 0.5) is 0 Å². The van der Waals surface area contributed by atoms with Crippen molar-refractivity contribution in [2.24, 2.45) is 10.3 Å². The first-order valence-electron chi connectivity index (χ1n) is 3.52. The van der Waals surface area contributed by atoms with E-state index in [0.717, 1.165) is 5.71 Å². The van der Waals surface area contributed by atoms with Crippen LogP contribution in [0.3, 0.4) is 0 Å². The Labute approximate surface area is 66.2 Å². The molecular weight excluding hydrogens is 142 g/mol. The first-order chi connectivity index (χ1) is 5.00. The van der Waals surface area contributed by atoms with E-state index in [1.807, 2.05) is 27.8 Å². The highest BCUT2D eigenvalue weighted by atomic mass is 16.4. The Morgan fingerprint density at radius 2 is 2.09 bits per heavy atom. The number of hydrogen-bond acceptors (Lipinski definition) is 4. The second-order valence-corrected chi connectivity index (χ2v) is 3.22. The molecule has 1 aliphatic heterocycles. The average Bonchev–Trinajstić information content (AvgIpc) is 2.04. The molecule has 0 amide bonds. The quantitative estimate of drug-likeness (QED) is 0.417. The summed E-state index contributed by atoms with van der Waals surface area (Å²) < 4.78 is 0. The Morgan fingerprint density at radius 3 is 2.27 bits per heavy atom. The van der Waals surface area contributed by atoms with Crippen LogP contribution in [-0.4, -0.2) is 34.2 Å². The number of rotatable bonds is 0. The van der Waals surface area contributed by atoms with Crippen molar-refractivity contribution in [1.82, 2.24) is 5.01 Å². The van der Waals surface area contributed by atoms with Gasteiger partial charge in [0, 0.05) is 7.05 Å². The second kappa shape index (κ2) is 2.22. The molecule has 0 aliphatic carbocycles. The fourth-order valence-electron chi connectivity index (χ4n) is 1.19. The van der Waals surface area contributed by atoms with Crippen molar-refractivity contribution in [3.05, 3.63) is 0 Å².